The van der Waals surface area contributed by atoms with E-state index in [1.807, 2.05) is 12.1 Å². The molecule has 19 heavy (non-hydrogen) atoms. The molecule has 0 aliphatic carbocycles. The number of benzene rings is 1. The van der Waals surface area contributed by atoms with Crippen molar-refractivity contribution in [2.45, 2.75) is 26.0 Å². The Hall–Kier alpha value is -1.33. The minimum Gasteiger partial charge on any atom is -0.494 e. The van der Waals surface area contributed by atoms with Crippen LogP contribution in [0, 0.1) is 10.7 Å². The second kappa shape index (κ2) is 4.98. The van der Waals surface area contributed by atoms with E-state index in [9.17, 15) is 0 Å². The number of ether oxygens (including phenoxy) is 2. The maximum absolute atomic E-state index is 5.63. The van der Waals surface area contributed by atoms with Crippen LogP contribution >= 0.6 is 12.2 Å². The van der Waals surface area contributed by atoms with Gasteiger partial charge in [-0.05, 0) is 37.7 Å². The summed E-state index contributed by atoms with van der Waals surface area (Å²) >= 11 is 5.44. The normalized spacial score (nSPS) is 23.1. The Morgan fingerprint density at radius 3 is 3.05 bits per heavy atom. The van der Waals surface area contributed by atoms with Crippen molar-refractivity contribution < 1.29 is 9.47 Å². The molecule has 1 aliphatic heterocycles. The number of hydrogen-bond donors (Lipinski definition) is 1. The number of fused-ring (bicyclic) bond motifs is 1. The molecule has 1 saturated heterocycles. The van der Waals surface area contributed by atoms with Crippen LogP contribution < -0.4 is 4.74 Å². The fourth-order valence-electron chi connectivity index (χ4n) is 2.76. The molecule has 0 spiro atoms. The molecule has 3 rings (SSSR count). The van der Waals surface area contributed by atoms with Crippen molar-refractivity contribution in [2.24, 2.45) is 5.92 Å². The molecule has 1 aromatic heterocycles. The first kappa shape index (κ1) is 12.7. The second-order valence-electron chi connectivity index (χ2n) is 5.02. The molecule has 2 aromatic rings. The summed E-state index contributed by atoms with van der Waals surface area (Å²) in [4.78, 5) is 3.25. The van der Waals surface area contributed by atoms with Crippen molar-refractivity contribution in [3.63, 3.8) is 0 Å². The van der Waals surface area contributed by atoms with E-state index in [0.29, 0.717) is 12.0 Å². The Morgan fingerprint density at radius 1 is 1.53 bits per heavy atom. The summed E-state index contributed by atoms with van der Waals surface area (Å²) < 4.78 is 13.9. The summed E-state index contributed by atoms with van der Waals surface area (Å²) in [6, 6.07) is 6.01. The summed E-state index contributed by atoms with van der Waals surface area (Å²) in [5.41, 5.74) is 2.07. The predicted molar refractivity (Wildman–Crippen MR) is 77.2 cm³/mol. The average molecular weight is 278 g/mol. The summed E-state index contributed by atoms with van der Waals surface area (Å²) in [7, 11) is 1.68. The minimum atomic E-state index is 0.303. The van der Waals surface area contributed by atoms with E-state index >= 15 is 0 Å². The second-order valence-corrected chi connectivity index (χ2v) is 5.41. The number of aromatic nitrogens is 2. The highest BCUT2D eigenvalue weighted by atomic mass is 32.1. The molecule has 2 atom stereocenters. The van der Waals surface area contributed by atoms with Crippen LogP contribution in [-0.4, -0.2) is 29.4 Å². The van der Waals surface area contributed by atoms with Gasteiger partial charge in [0.2, 0.25) is 0 Å². The molecule has 1 N–H and O–H groups in total. The molecule has 0 saturated carbocycles. The Morgan fingerprint density at radius 2 is 2.37 bits per heavy atom. The maximum Gasteiger partial charge on any atom is 0.178 e. The van der Waals surface area contributed by atoms with Gasteiger partial charge in [-0.25, -0.2) is 0 Å². The first-order chi connectivity index (χ1) is 9.20. The Bertz CT molecular complexity index is 646. The van der Waals surface area contributed by atoms with E-state index in [2.05, 4.69) is 22.5 Å². The smallest absolute Gasteiger partial charge is 0.178 e. The molecule has 102 valence electrons. The first-order valence-electron chi connectivity index (χ1n) is 6.58. The van der Waals surface area contributed by atoms with Gasteiger partial charge in [0.25, 0.3) is 0 Å². The number of methoxy groups -OCH3 is 1. The number of nitrogens with zero attached hydrogens (tertiary/aromatic N) is 1. The summed E-state index contributed by atoms with van der Waals surface area (Å²) in [5, 5.41) is 0. The maximum atomic E-state index is 5.63. The SMILES string of the molecule is COc1cccc2c1[nH]c(=S)n2CC1CCOC1C. The largest absolute Gasteiger partial charge is 0.494 e. The number of nitrogens with one attached hydrogen (secondary N) is 1. The van der Waals surface area contributed by atoms with E-state index in [1.165, 1.54) is 0 Å². The van der Waals surface area contributed by atoms with Crippen molar-refractivity contribution in [3.05, 3.63) is 23.0 Å². The highest BCUT2D eigenvalue weighted by molar-refractivity contribution is 7.71. The summed E-state index contributed by atoms with van der Waals surface area (Å²) in [6.07, 6.45) is 1.40. The molecule has 5 heteroatoms. The van der Waals surface area contributed by atoms with E-state index in [0.717, 1.165) is 41.1 Å². The van der Waals surface area contributed by atoms with Crippen molar-refractivity contribution >= 4 is 23.3 Å². The van der Waals surface area contributed by atoms with Crippen LogP contribution in [-0.2, 0) is 11.3 Å². The zero-order valence-corrected chi connectivity index (χ0v) is 12.0. The van der Waals surface area contributed by atoms with Gasteiger partial charge in [0, 0.05) is 19.1 Å². The quantitative estimate of drug-likeness (QED) is 0.877. The number of hydrogen-bond acceptors (Lipinski definition) is 3. The molecular weight excluding hydrogens is 260 g/mol. The molecule has 4 nitrogen and oxygen atoms in total. The predicted octanol–water partition coefficient (Wildman–Crippen LogP) is 3.13. The van der Waals surface area contributed by atoms with Crippen molar-refractivity contribution in [1.29, 1.82) is 0 Å². The zero-order valence-electron chi connectivity index (χ0n) is 11.2. The lowest BCUT2D eigenvalue weighted by Crippen LogP contribution is -2.17. The van der Waals surface area contributed by atoms with Crippen LogP contribution in [0.15, 0.2) is 18.2 Å². The molecule has 2 unspecified atom stereocenters. The summed E-state index contributed by atoms with van der Waals surface area (Å²) in [5.74, 6) is 1.36. The van der Waals surface area contributed by atoms with Gasteiger partial charge in [0.1, 0.15) is 11.3 Å². The summed E-state index contributed by atoms with van der Waals surface area (Å²) in [6.45, 7) is 3.88. The fraction of sp³-hybridized carbons (Fsp3) is 0.500. The van der Waals surface area contributed by atoms with E-state index in [-0.39, 0.29) is 0 Å². The molecule has 0 bridgehead atoms. The van der Waals surface area contributed by atoms with Gasteiger partial charge in [-0.15, -0.1) is 0 Å². The third-order valence-corrected chi connectivity index (χ3v) is 4.26. The van der Waals surface area contributed by atoms with Gasteiger partial charge < -0.3 is 19.0 Å². The third-order valence-electron chi connectivity index (χ3n) is 3.94. The molecule has 1 aliphatic rings. The Kier molecular flexibility index (Phi) is 3.33. The van der Waals surface area contributed by atoms with Crippen LogP contribution in [0.2, 0.25) is 0 Å². The van der Waals surface area contributed by atoms with Crippen LogP contribution in [0.3, 0.4) is 0 Å². The van der Waals surface area contributed by atoms with E-state index < -0.39 is 0 Å². The fourth-order valence-corrected chi connectivity index (χ4v) is 3.03. The van der Waals surface area contributed by atoms with E-state index in [4.69, 9.17) is 21.7 Å². The van der Waals surface area contributed by atoms with Crippen molar-refractivity contribution in [3.8, 4) is 5.75 Å². The molecule has 2 heterocycles. The van der Waals surface area contributed by atoms with E-state index in [1.54, 1.807) is 7.11 Å². The Labute approximate surface area is 117 Å². The topological polar surface area (TPSA) is 39.2 Å². The van der Waals surface area contributed by atoms with Gasteiger partial charge in [-0.3, -0.25) is 0 Å². The molecule has 0 radical (unpaired) electrons. The monoisotopic (exact) mass is 278 g/mol. The highest BCUT2D eigenvalue weighted by Gasteiger charge is 2.25. The van der Waals surface area contributed by atoms with Crippen molar-refractivity contribution in [1.82, 2.24) is 9.55 Å². The van der Waals surface area contributed by atoms with Crippen LogP contribution in [0.4, 0.5) is 0 Å². The van der Waals surface area contributed by atoms with Gasteiger partial charge in [0.15, 0.2) is 4.77 Å². The molecule has 1 fully saturated rings. The zero-order chi connectivity index (χ0) is 13.4. The number of para-hydroxylation sites is 1. The standard InChI is InChI=1S/C14H18N2O2S/c1-9-10(6-7-18-9)8-16-11-4-3-5-12(17-2)13(11)15-14(16)19/h3-5,9-10H,6-8H2,1-2H3,(H,15,19). The lowest BCUT2D eigenvalue weighted by Gasteiger charge is -2.15. The van der Waals surface area contributed by atoms with Gasteiger partial charge >= 0.3 is 0 Å². The first-order valence-corrected chi connectivity index (χ1v) is 6.98. The van der Waals surface area contributed by atoms with Crippen LogP contribution in [0.1, 0.15) is 13.3 Å². The number of rotatable bonds is 3. The lowest BCUT2D eigenvalue weighted by molar-refractivity contribution is 0.102. The van der Waals surface area contributed by atoms with Gasteiger partial charge in [-0.2, -0.15) is 0 Å². The third kappa shape index (κ3) is 2.17. The molecule has 0 amide bonds. The van der Waals surface area contributed by atoms with Crippen molar-refractivity contribution in [2.75, 3.05) is 13.7 Å². The van der Waals surface area contributed by atoms with Gasteiger partial charge in [-0.1, -0.05) is 6.07 Å². The average Bonchev–Trinajstić information content (AvgIpc) is 2.95. The highest BCUT2D eigenvalue weighted by Crippen LogP contribution is 2.28. The minimum absolute atomic E-state index is 0.303. The van der Waals surface area contributed by atoms with Gasteiger partial charge in [0.05, 0.1) is 18.7 Å². The number of H-pyrrole nitrogens is 1. The molecular formula is C14H18N2O2S. The molecule has 1 aromatic carbocycles. The van der Waals surface area contributed by atoms with Crippen LogP contribution in [0.5, 0.6) is 5.75 Å². The lowest BCUT2D eigenvalue weighted by atomic mass is 10.0. The number of aromatic amines is 1. The van der Waals surface area contributed by atoms with Crippen LogP contribution in [0.25, 0.3) is 11.0 Å². The Balaban J connectivity index is 2.03. The number of imidazole rings is 1.